The van der Waals surface area contributed by atoms with E-state index < -0.39 is 0 Å². The number of fused-ring (bicyclic) bond motifs is 1. The molecule has 1 N–H and O–H groups in total. The van der Waals surface area contributed by atoms with Crippen molar-refractivity contribution in [3.05, 3.63) is 92.7 Å². The second kappa shape index (κ2) is 10.1. The number of hydrazone groups is 1. The molecule has 0 aliphatic carbocycles. The predicted octanol–water partition coefficient (Wildman–Crippen LogP) is 5.74. The fraction of sp³-hybridized carbons (Fsp3) is 0.192. The number of ether oxygens (including phenoxy) is 2. The summed E-state index contributed by atoms with van der Waals surface area (Å²) in [7, 11) is 3.28. The highest BCUT2D eigenvalue weighted by molar-refractivity contribution is 14.1. The highest BCUT2D eigenvalue weighted by Gasteiger charge is 2.12. The number of hydrogen-bond donors (Lipinski definition) is 1. The zero-order chi connectivity index (χ0) is 22.5. The Morgan fingerprint density at radius 2 is 1.66 bits per heavy atom. The fourth-order valence-corrected chi connectivity index (χ4v) is 4.19. The Labute approximate surface area is 202 Å². The maximum absolute atomic E-state index is 5.38. The summed E-state index contributed by atoms with van der Waals surface area (Å²) in [5, 5.41) is 5.72. The number of para-hydroxylation sites is 1. The number of nitrogens with one attached hydrogen (secondary N) is 1. The first-order chi connectivity index (χ1) is 15.6. The molecule has 0 saturated carbocycles. The number of methoxy groups -OCH3 is 2. The second-order valence-electron chi connectivity index (χ2n) is 7.51. The van der Waals surface area contributed by atoms with Gasteiger partial charge in [-0.2, -0.15) is 5.10 Å². The van der Waals surface area contributed by atoms with Crippen LogP contribution in [0.4, 0.5) is 0 Å². The van der Waals surface area contributed by atoms with Crippen molar-refractivity contribution < 1.29 is 9.47 Å². The van der Waals surface area contributed by atoms with Crippen molar-refractivity contribution in [3.63, 3.8) is 0 Å². The molecule has 0 aliphatic rings. The molecule has 0 saturated heterocycles. The monoisotopic (exact) mass is 539 g/mol. The number of benzene rings is 3. The van der Waals surface area contributed by atoms with Crippen LogP contribution in [0.5, 0.6) is 11.5 Å². The van der Waals surface area contributed by atoms with Gasteiger partial charge in [-0.1, -0.05) is 36.4 Å². The Morgan fingerprint density at radius 3 is 2.41 bits per heavy atom. The van der Waals surface area contributed by atoms with Crippen LogP contribution in [0.3, 0.4) is 0 Å². The summed E-state index contributed by atoms with van der Waals surface area (Å²) < 4.78 is 14.3. The van der Waals surface area contributed by atoms with E-state index in [0.29, 0.717) is 12.3 Å². The van der Waals surface area contributed by atoms with E-state index >= 15 is 0 Å². The van der Waals surface area contributed by atoms with Crippen molar-refractivity contribution in [1.29, 1.82) is 0 Å². The van der Waals surface area contributed by atoms with Crippen LogP contribution < -0.4 is 14.9 Å². The number of rotatable bonds is 8. The van der Waals surface area contributed by atoms with E-state index in [2.05, 4.69) is 93.1 Å². The molecule has 0 bridgehead atoms. The van der Waals surface area contributed by atoms with Crippen molar-refractivity contribution in [3.8, 4) is 11.5 Å². The summed E-state index contributed by atoms with van der Waals surface area (Å²) in [6.45, 7) is 3.58. The summed E-state index contributed by atoms with van der Waals surface area (Å²) >= 11 is 2.34. The van der Waals surface area contributed by atoms with Crippen molar-refractivity contribution in [2.75, 3.05) is 14.2 Å². The van der Waals surface area contributed by atoms with Gasteiger partial charge in [0.15, 0.2) is 11.5 Å². The molecule has 0 radical (unpaired) electrons. The summed E-state index contributed by atoms with van der Waals surface area (Å²) in [6.07, 6.45) is 1.92. The molecule has 4 aromatic rings. The molecule has 0 atom stereocenters. The lowest BCUT2D eigenvalue weighted by Gasteiger charge is -2.09. The van der Waals surface area contributed by atoms with Gasteiger partial charge in [-0.25, -0.2) is 0 Å². The van der Waals surface area contributed by atoms with Gasteiger partial charge in [0.1, 0.15) is 0 Å². The molecule has 5 nitrogen and oxygen atoms in total. The molecule has 0 unspecified atom stereocenters. The minimum Gasteiger partial charge on any atom is -0.493 e. The van der Waals surface area contributed by atoms with Crippen LogP contribution in [0.15, 0.2) is 71.8 Å². The van der Waals surface area contributed by atoms with E-state index in [9.17, 15) is 0 Å². The van der Waals surface area contributed by atoms with Gasteiger partial charge in [0.25, 0.3) is 0 Å². The van der Waals surface area contributed by atoms with Crippen LogP contribution in [0.1, 0.15) is 22.4 Å². The average molecular weight is 539 g/mol. The molecule has 1 heterocycles. The first-order valence-electron chi connectivity index (χ1n) is 10.4. The molecule has 0 amide bonds. The number of nitrogens with zero attached hydrogens (tertiary/aromatic N) is 2. The third kappa shape index (κ3) is 4.75. The summed E-state index contributed by atoms with van der Waals surface area (Å²) in [5.41, 5.74) is 9.05. The van der Waals surface area contributed by atoms with Crippen LogP contribution in [0.2, 0.25) is 0 Å². The fourth-order valence-electron chi connectivity index (χ4n) is 3.83. The number of aromatic nitrogens is 1. The highest BCUT2D eigenvalue weighted by Crippen LogP contribution is 2.28. The molecule has 1 aromatic heterocycles. The molecule has 0 spiro atoms. The lowest BCUT2D eigenvalue weighted by atomic mass is 10.1. The quantitative estimate of drug-likeness (QED) is 0.177. The average Bonchev–Trinajstić information content (AvgIpc) is 3.08. The van der Waals surface area contributed by atoms with Crippen molar-refractivity contribution in [2.45, 2.75) is 20.0 Å². The Kier molecular flexibility index (Phi) is 6.99. The Balaban J connectivity index is 1.55. The predicted molar refractivity (Wildman–Crippen MR) is 139 cm³/mol. The minimum absolute atomic E-state index is 0.594. The normalized spacial score (nSPS) is 11.2. The molecule has 0 fully saturated rings. The van der Waals surface area contributed by atoms with Crippen LogP contribution >= 0.6 is 22.6 Å². The van der Waals surface area contributed by atoms with Gasteiger partial charge in [-0.05, 0) is 71.0 Å². The molecule has 3 aromatic carbocycles. The highest BCUT2D eigenvalue weighted by atomic mass is 127. The Morgan fingerprint density at radius 1 is 0.938 bits per heavy atom. The van der Waals surface area contributed by atoms with E-state index in [1.54, 1.807) is 14.2 Å². The first kappa shape index (κ1) is 22.2. The Hall–Kier alpha value is -3.00. The van der Waals surface area contributed by atoms with Crippen molar-refractivity contribution in [1.82, 2.24) is 9.99 Å². The number of hydrogen-bond acceptors (Lipinski definition) is 4. The molecular formula is C26H26IN3O2. The van der Waals surface area contributed by atoms with Gasteiger partial charge >= 0.3 is 0 Å². The first-order valence-corrected chi connectivity index (χ1v) is 11.5. The van der Waals surface area contributed by atoms with Gasteiger partial charge < -0.3 is 19.5 Å². The van der Waals surface area contributed by atoms with E-state index in [0.717, 1.165) is 23.4 Å². The van der Waals surface area contributed by atoms with Gasteiger partial charge in [-0.15, -0.1) is 0 Å². The topological polar surface area (TPSA) is 47.8 Å². The van der Waals surface area contributed by atoms with Crippen molar-refractivity contribution in [2.24, 2.45) is 5.10 Å². The third-order valence-electron chi connectivity index (χ3n) is 5.55. The zero-order valence-corrected chi connectivity index (χ0v) is 20.6. The molecule has 32 heavy (non-hydrogen) atoms. The smallest absolute Gasteiger partial charge is 0.161 e. The second-order valence-corrected chi connectivity index (χ2v) is 8.76. The van der Waals surface area contributed by atoms with E-state index in [-0.39, 0.29) is 0 Å². The van der Waals surface area contributed by atoms with Crippen LogP contribution in [-0.2, 0) is 13.1 Å². The maximum Gasteiger partial charge on any atom is 0.161 e. The third-order valence-corrected chi connectivity index (χ3v) is 6.27. The maximum atomic E-state index is 5.38. The van der Waals surface area contributed by atoms with Crippen LogP contribution in [0, 0.1) is 10.5 Å². The molecule has 164 valence electrons. The van der Waals surface area contributed by atoms with Crippen LogP contribution in [-0.4, -0.2) is 25.0 Å². The van der Waals surface area contributed by atoms with Crippen LogP contribution in [0.25, 0.3) is 10.9 Å². The van der Waals surface area contributed by atoms with Gasteiger partial charge in [0.2, 0.25) is 0 Å². The van der Waals surface area contributed by atoms with Gasteiger partial charge in [0, 0.05) is 32.3 Å². The summed E-state index contributed by atoms with van der Waals surface area (Å²) in [5.74, 6) is 1.43. The van der Waals surface area contributed by atoms with E-state index in [1.807, 2.05) is 24.4 Å². The van der Waals surface area contributed by atoms with Gasteiger partial charge in [0.05, 0.1) is 27.0 Å². The van der Waals surface area contributed by atoms with E-state index in [1.165, 1.54) is 25.7 Å². The lowest BCUT2D eigenvalue weighted by Crippen LogP contribution is -2.06. The van der Waals surface area contributed by atoms with E-state index in [4.69, 9.17) is 9.47 Å². The van der Waals surface area contributed by atoms with Gasteiger partial charge in [-0.3, -0.25) is 0 Å². The largest absolute Gasteiger partial charge is 0.493 e. The zero-order valence-electron chi connectivity index (χ0n) is 18.4. The summed E-state index contributed by atoms with van der Waals surface area (Å²) in [4.78, 5) is 0. The molecule has 4 rings (SSSR count). The summed E-state index contributed by atoms with van der Waals surface area (Å²) in [6, 6.07) is 23.0. The molecular weight excluding hydrogens is 513 g/mol. The Bertz CT molecular complexity index is 1250. The SMILES string of the molecule is COc1ccc(CN/N=C\c2c(C)n(Cc3ccc(I)cc3)c3ccccc23)cc1OC. The number of halogens is 1. The molecule has 0 aliphatic heterocycles. The lowest BCUT2D eigenvalue weighted by molar-refractivity contribution is 0.354. The molecule has 6 heteroatoms. The van der Waals surface area contributed by atoms with Crippen molar-refractivity contribution >= 4 is 39.7 Å². The standard InChI is InChI=1S/C26H26IN3O2/c1-18-23(16-29-28-15-20-10-13-25(31-2)26(14-20)32-3)22-6-4-5-7-24(22)30(18)17-19-8-11-21(27)12-9-19/h4-14,16,28H,15,17H2,1-3H3/b29-16-. The minimum atomic E-state index is 0.594.